The first-order valence-corrected chi connectivity index (χ1v) is 10.4. The maximum atomic E-state index is 12.9. The SMILES string of the molecule is COc1ccc(C2C(C#N)=C(N)OC3=C2CS(=O)(=O)c2ccc(Cl)cc23)cc1. The Hall–Kier alpha value is -2.95. The molecule has 8 heteroatoms. The van der Waals surface area contributed by atoms with Crippen molar-refractivity contribution < 1.29 is 17.9 Å². The van der Waals surface area contributed by atoms with Crippen molar-refractivity contribution in [2.45, 2.75) is 10.8 Å². The molecule has 0 aromatic heterocycles. The van der Waals surface area contributed by atoms with Crippen LogP contribution in [0.5, 0.6) is 5.75 Å². The molecule has 0 bridgehead atoms. The summed E-state index contributed by atoms with van der Waals surface area (Å²) >= 11 is 6.10. The van der Waals surface area contributed by atoms with Crippen LogP contribution in [0.25, 0.3) is 5.76 Å². The lowest BCUT2D eigenvalue weighted by Crippen LogP contribution is -2.28. The molecule has 0 spiro atoms. The van der Waals surface area contributed by atoms with E-state index in [1.54, 1.807) is 37.4 Å². The number of hydrogen-bond acceptors (Lipinski definition) is 6. The van der Waals surface area contributed by atoms with Crippen molar-refractivity contribution in [1.29, 1.82) is 5.26 Å². The Bertz CT molecular complexity index is 1190. The molecule has 142 valence electrons. The van der Waals surface area contributed by atoms with Crippen LogP contribution in [-0.4, -0.2) is 21.3 Å². The van der Waals surface area contributed by atoms with Gasteiger partial charge in [0.1, 0.15) is 23.2 Å². The van der Waals surface area contributed by atoms with Crippen LogP contribution in [0.15, 0.2) is 64.4 Å². The van der Waals surface area contributed by atoms with Crippen LogP contribution in [0, 0.1) is 11.3 Å². The molecule has 2 aromatic carbocycles. The zero-order valence-corrected chi connectivity index (χ0v) is 16.3. The predicted octanol–water partition coefficient (Wildman–Crippen LogP) is 3.35. The highest BCUT2D eigenvalue weighted by atomic mass is 35.5. The van der Waals surface area contributed by atoms with E-state index >= 15 is 0 Å². The number of halogens is 1. The summed E-state index contributed by atoms with van der Waals surface area (Å²) in [6.45, 7) is 0. The Morgan fingerprint density at radius 1 is 1.25 bits per heavy atom. The summed E-state index contributed by atoms with van der Waals surface area (Å²) in [7, 11) is -2.07. The lowest BCUT2D eigenvalue weighted by molar-refractivity contribution is 0.353. The van der Waals surface area contributed by atoms with Crippen molar-refractivity contribution in [2.75, 3.05) is 12.9 Å². The average molecular weight is 415 g/mol. The van der Waals surface area contributed by atoms with Crippen molar-refractivity contribution >= 4 is 27.2 Å². The summed E-state index contributed by atoms with van der Waals surface area (Å²) < 4.78 is 36.7. The number of methoxy groups -OCH3 is 1. The van der Waals surface area contributed by atoms with Gasteiger partial charge in [-0.25, -0.2) is 8.42 Å². The molecule has 0 saturated heterocycles. The van der Waals surface area contributed by atoms with Gasteiger partial charge >= 0.3 is 0 Å². The van der Waals surface area contributed by atoms with Gasteiger partial charge in [-0.05, 0) is 35.9 Å². The molecule has 1 atom stereocenters. The zero-order valence-electron chi connectivity index (χ0n) is 14.8. The molecule has 2 aliphatic heterocycles. The molecule has 2 N–H and O–H groups in total. The minimum Gasteiger partial charge on any atom is -0.497 e. The molecular formula is C20H15ClN2O4S. The Morgan fingerprint density at radius 2 is 1.96 bits per heavy atom. The van der Waals surface area contributed by atoms with E-state index in [4.69, 9.17) is 26.8 Å². The van der Waals surface area contributed by atoms with Crippen LogP contribution in [0.2, 0.25) is 5.02 Å². The van der Waals surface area contributed by atoms with Crippen LogP contribution in [0.3, 0.4) is 0 Å². The smallest absolute Gasteiger partial charge is 0.205 e. The van der Waals surface area contributed by atoms with E-state index in [9.17, 15) is 13.7 Å². The number of hydrogen-bond donors (Lipinski definition) is 1. The third-order valence-corrected chi connectivity index (χ3v) is 6.79. The van der Waals surface area contributed by atoms with E-state index in [1.807, 2.05) is 0 Å². The molecule has 6 nitrogen and oxygen atoms in total. The number of nitrogens with zero attached hydrogens (tertiary/aromatic N) is 1. The van der Waals surface area contributed by atoms with Crippen molar-refractivity contribution in [1.82, 2.24) is 0 Å². The molecule has 0 amide bonds. The highest BCUT2D eigenvalue weighted by molar-refractivity contribution is 7.91. The number of sulfone groups is 1. The number of allylic oxidation sites excluding steroid dienone is 1. The van der Waals surface area contributed by atoms with Gasteiger partial charge in [-0.1, -0.05) is 23.7 Å². The molecule has 0 saturated carbocycles. The lowest BCUT2D eigenvalue weighted by atomic mass is 9.82. The molecule has 2 aromatic rings. The number of benzene rings is 2. The van der Waals surface area contributed by atoms with Crippen molar-refractivity contribution in [3.8, 4) is 11.8 Å². The first-order valence-electron chi connectivity index (χ1n) is 8.33. The zero-order chi connectivity index (χ0) is 20.1. The summed E-state index contributed by atoms with van der Waals surface area (Å²) in [5.41, 5.74) is 7.74. The summed E-state index contributed by atoms with van der Waals surface area (Å²) in [6.07, 6.45) is 0. The standard InChI is InChI=1S/C20H15ClN2O4S/c1-26-13-5-2-11(3-6-13)18-15(9-22)20(23)27-19-14-8-12(21)4-7-17(14)28(24,25)10-16(18)19/h2-8,18H,10,23H2,1H3. The van der Waals surface area contributed by atoms with Gasteiger partial charge in [-0.3, -0.25) is 0 Å². The van der Waals surface area contributed by atoms with Crippen LogP contribution in [0.1, 0.15) is 17.0 Å². The summed E-state index contributed by atoms with van der Waals surface area (Å²) in [4.78, 5) is 0.136. The van der Waals surface area contributed by atoms with Gasteiger partial charge in [-0.2, -0.15) is 5.26 Å². The van der Waals surface area contributed by atoms with Crippen LogP contribution in [-0.2, 0) is 14.6 Å². The second-order valence-corrected chi connectivity index (χ2v) is 8.85. The van der Waals surface area contributed by atoms with E-state index in [0.29, 0.717) is 27.7 Å². The van der Waals surface area contributed by atoms with Crippen molar-refractivity contribution in [3.63, 3.8) is 0 Å². The Labute approximate surface area is 167 Å². The largest absolute Gasteiger partial charge is 0.497 e. The number of ether oxygens (including phenoxy) is 2. The lowest BCUT2D eigenvalue weighted by Gasteiger charge is -2.32. The van der Waals surface area contributed by atoms with Crippen LogP contribution < -0.4 is 10.5 Å². The monoisotopic (exact) mass is 414 g/mol. The fraction of sp³-hybridized carbons (Fsp3) is 0.150. The summed E-state index contributed by atoms with van der Waals surface area (Å²) in [5.74, 6) is 0.0268. The van der Waals surface area contributed by atoms with Crippen LogP contribution >= 0.6 is 11.6 Å². The fourth-order valence-electron chi connectivity index (χ4n) is 3.57. The first kappa shape index (κ1) is 18.4. The van der Waals surface area contributed by atoms with E-state index in [0.717, 1.165) is 5.56 Å². The molecule has 2 aliphatic rings. The maximum absolute atomic E-state index is 12.9. The molecule has 0 aliphatic carbocycles. The first-order chi connectivity index (χ1) is 13.4. The number of rotatable bonds is 2. The van der Waals surface area contributed by atoms with Crippen LogP contribution in [0.4, 0.5) is 0 Å². The van der Waals surface area contributed by atoms with Gasteiger partial charge in [0.25, 0.3) is 0 Å². The van der Waals surface area contributed by atoms with E-state index < -0.39 is 15.8 Å². The Morgan fingerprint density at radius 3 is 2.61 bits per heavy atom. The highest BCUT2D eigenvalue weighted by Crippen LogP contribution is 2.47. The minimum absolute atomic E-state index is 0.0488. The highest BCUT2D eigenvalue weighted by Gasteiger charge is 2.41. The normalized spacial score (nSPS) is 20.0. The molecule has 2 heterocycles. The fourth-order valence-corrected chi connectivity index (χ4v) is 5.37. The molecule has 4 rings (SSSR count). The minimum atomic E-state index is -3.63. The van der Waals surface area contributed by atoms with Gasteiger partial charge < -0.3 is 15.2 Å². The maximum Gasteiger partial charge on any atom is 0.205 e. The third kappa shape index (κ3) is 2.82. The van der Waals surface area contributed by atoms with Crippen molar-refractivity contribution in [2.24, 2.45) is 5.73 Å². The molecular weight excluding hydrogens is 400 g/mol. The number of nitrogens with two attached hydrogens (primary N) is 1. The third-order valence-electron chi connectivity index (χ3n) is 4.84. The van der Waals surface area contributed by atoms with Gasteiger partial charge in [0.05, 0.1) is 23.7 Å². The van der Waals surface area contributed by atoms with Gasteiger partial charge in [0.2, 0.25) is 5.88 Å². The summed E-state index contributed by atoms with van der Waals surface area (Å²) in [5, 5.41) is 10.0. The Balaban J connectivity index is 1.98. The van der Waals surface area contributed by atoms with Gasteiger partial charge in [0, 0.05) is 16.2 Å². The molecule has 0 radical (unpaired) electrons. The van der Waals surface area contributed by atoms with Gasteiger partial charge in [0.15, 0.2) is 9.84 Å². The van der Waals surface area contributed by atoms with E-state index in [-0.39, 0.29) is 22.1 Å². The van der Waals surface area contributed by atoms with Crippen molar-refractivity contribution in [3.05, 3.63) is 75.6 Å². The average Bonchev–Trinajstić information content (AvgIpc) is 2.67. The predicted molar refractivity (Wildman–Crippen MR) is 104 cm³/mol. The van der Waals surface area contributed by atoms with Gasteiger partial charge in [-0.15, -0.1) is 0 Å². The Kier molecular flexibility index (Phi) is 4.33. The summed E-state index contributed by atoms with van der Waals surface area (Å²) in [6, 6.07) is 13.7. The second kappa shape index (κ2) is 6.59. The molecule has 1 unspecified atom stereocenters. The molecule has 28 heavy (non-hydrogen) atoms. The number of nitriles is 1. The topological polar surface area (TPSA) is 102 Å². The quantitative estimate of drug-likeness (QED) is 0.808. The molecule has 0 fully saturated rings. The number of fused-ring (bicyclic) bond motifs is 2. The second-order valence-electron chi connectivity index (χ2n) is 6.45. The van der Waals surface area contributed by atoms with E-state index in [1.165, 1.54) is 12.1 Å². The van der Waals surface area contributed by atoms with E-state index in [2.05, 4.69) is 6.07 Å².